The molecule has 3 heterocycles. The van der Waals surface area contributed by atoms with Gasteiger partial charge < -0.3 is 89.9 Å². The highest BCUT2D eigenvalue weighted by Crippen LogP contribution is 2.33. The topological polar surface area (TPSA) is 307 Å². The number of unbranched alkanes of at least 4 members (excludes halogenated alkanes) is 8. The van der Waals surface area contributed by atoms with Gasteiger partial charge in [-0.15, -0.1) is 0 Å². The lowest BCUT2D eigenvalue weighted by molar-refractivity contribution is -0.379. The predicted molar refractivity (Wildman–Crippen MR) is 263 cm³/mol. The number of hydrogen-bond donors (Lipinski definition) is 12. The van der Waals surface area contributed by atoms with Crippen molar-refractivity contribution in [3.05, 3.63) is 72.9 Å². The molecule has 3 fully saturated rings. The summed E-state index contributed by atoms with van der Waals surface area (Å²) in [5.41, 5.74) is 0. The molecule has 3 saturated heterocycles. The van der Waals surface area contributed by atoms with Crippen molar-refractivity contribution in [1.82, 2.24) is 5.32 Å². The SMILES string of the molecule is CC/C=C\C/C=C\C/C=C\CCCCCC(=O)NC(COC1OC(CO)C(OC2OC(CO)C(OC3OC(CO)C(O)C(O)C3O)C(O)C2O)C(O)C1O)C(O)/C=C/CC/C=C/CC/C=C/CCCCC. The first-order valence-corrected chi connectivity index (χ1v) is 25.7. The Morgan fingerprint density at radius 3 is 1.55 bits per heavy atom. The van der Waals surface area contributed by atoms with Gasteiger partial charge in [0, 0.05) is 6.42 Å². The van der Waals surface area contributed by atoms with Crippen molar-refractivity contribution in [2.24, 2.45) is 0 Å². The number of rotatable bonds is 34. The first-order chi connectivity index (χ1) is 34.3. The fourth-order valence-corrected chi connectivity index (χ4v) is 8.17. The van der Waals surface area contributed by atoms with Gasteiger partial charge in [-0.3, -0.25) is 4.79 Å². The van der Waals surface area contributed by atoms with Crippen molar-refractivity contribution >= 4 is 5.91 Å². The molecule has 19 nitrogen and oxygen atoms in total. The maximum Gasteiger partial charge on any atom is 0.220 e. The molecule has 0 aromatic carbocycles. The van der Waals surface area contributed by atoms with Gasteiger partial charge in [0.15, 0.2) is 18.9 Å². The molecule has 0 aromatic heterocycles. The minimum absolute atomic E-state index is 0.192. The molecular formula is C52H87NO18. The quantitative estimate of drug-likeness (QED) is 0.0324. The van der Waals surface area contributed by atoms with Gasteiger partial charge in [-0.1, -0.05) is 106 Å². The number of allylic oxidation sites excluding steroid dienone is 11. The Kier molecular flexibility index (Phi) is 31.9. The van der Waals surface area contributed by atoms with Crippen molar-refractivity contribution in [1.29, 1.82) is 0 Å². The van der Waals surface area contributed by atoms with Crippen LogP contribution < -0.4 is 5.32 Å². The van der Waals surface area contributed by atoms with E-state index in [9.17, 15) is 61.0 Å². The van der Waals surface area contributed by atoms with E-state index in [0.717, 1.165) is 64.2 Å². The van der Waals surface area contributed by atoms with Gasteiger partial charge in [0.05, 0.1) is 38.6 Å². The molecule has 3 aliphatic heterocycles. The monoisotopic (exact) mass is 1010 g/mol. The number of hydrogen-bond acceptors (Lipinski definition) is 18. The summed E-state index contributed by atoms with van der Waals surface area (Å²) in [5, 5.41) is 119. The summed E-state index contributed by atoms with van der Waals surface area (Å²) in [6, 6.07) is -1.01. The zero-order chi connectivity index (χ0) is 52.0. The number of nitrogens with one attached hydrogen (secondary N) is 1. The Balaban J connectivity index is 1.59. The third kappa shape index (κ3) is 21.9. The summed E-state index contributed by atoms with van der Waals surface area (Å²) < 4.78 is 34.0. The van der Waals surface area contributed by atoms with E-state index < -0.39 is 124 Å². The summed E-state index contributed by atoms with van der Waals surface area (Å²) >= 11 is 0. The smallest absolute Gasteiger partial charge is 0.220 e. The van der Waals surface area contributed by atoms with Crippen LogP contribution in [0.3, 0.4) is 0 Å². The van der Waals surface area contributed by atoms with Crippen LogP contribution in [-0.4, -0.2) is 193 Å². The molecular weight excluding hydrogens is 927 g/mol. The summed E-state index contributed by atoms with van der Waals surface area (Å²) in [4.78, 5) is 13.2. The van der Waals surface area contributed by atoms with Crippen LogP contribution in [0.25, 0.3) is 0 Å². The van der Waals surface area contributed by atoms with Crippen molar-refractivity contribution in [2.45, 2.75) is 221 Å². The Morgan fingerprint density at radius 2 is 0.986 bits per heavy atom. The summed E-state index contributed by atoms with van der Waals surface area (Å²) in [7, 11) is 0. The van der Waals surface area contributed by atoms with Gasteiger partial charge >= 0.3 is 0 Å². The molecule has 0 saturated carbocycles. The van der Waals surface area contributed by atoms with E-state index in [-0.39, 0.29) is 18.9 Å². The second-order valence-corrected chi connectivity index (χ2v) is 18.2. The predicted octanol–water partition coefficient (Wildman–Crippen LogP) is 1.92. The molecule has 0 aromatic rings. The second kappa shape index (κ2) is 36.2. The van der Waals surface area contributed by atoms with Crippen LogP contribution in [0, 0.1) is 0 Å². The number of aliphatic hydroxyl groups is 11. The van der Waals surface area contributed by atoms with Crippen molar-refractivity contribution in [3.63, 3.8) is 0 Å². The third-order valence-electron chi connectivity index (χ3n) is 12.5. The van der Waals surface area contributed by atoms with Gasteiger partial charge in [-0.25, -0.2) is 0 Å². The molecule has 1 amide bonds. The van der Waals surface area contributed by atoms with Crippen LogP contribution in [-0.2, 0) is 33.2 Å². The molecule has 12 N–H and O–H groups in total. The minimum atomic E-state index is -1.99. The molecule has 408 valence electrons. The lowest BCUT2D eigenvalue weighted by atomic mass is 9.96. The summed E-state index contributed by atoms with van der Waals surface area (Å²) in [6.07, 6.45) is 12.0. The molecule has 0 radical (unpaired) electrons. The van der Waals surface area contributed by atoms with E-state index in [1.165, 1.54) is 19.3 Å². The number of aliphatic hydroxyl groups excluding tert-OH is 11. The minimum Gasteiger partial charge on any atom is -0.394 e. The van der Waals surface area contributed by atoms with Gasteiger partial charge in [-0.2, -0.15) is 0 Å². The maximum absolute atomic E-state index is 13.2. The Bertz CT molecular complexity index is 1590. The summed E-state index contributed by atoms with van der Waals surface area (Å²) in [5.74, 6) is -0.326. The van der Waals surface area contributed by atoms with Crippen molar-refractivity contribution in [3.8, 4) is 0 Å². The summed E-state index contributed by atoms with van der Waals surface area (Å²) in [6.45, 7) is 1.46. The number of carbonyl (C=O) groups is 1. The van der Waals surface area contributed by atoms with Crippen LogP contribution in [0.2, 0.25) is 0 Å². The molecule has 71 heavy (non-hydrogen) atoms. The Labute approximate surface area is 419 Å². The largest absolute Gasteiger partial charge is 0.394 e. The molecule has 17 atom stereocenters. The lowest BCUT2D eigenvalue weighted by Gasteiger charge is -2.48. The number of amides is 1. The Hall–Kier alpha value is -2.77. The average molecular weight is 1010 g/mol. The third-order valence-corrected chi connectivity index (χ3v) is 12.5. The number of carbonyl (C=O) groups excluding carboxylic acids is 1. The molecule has 3 rings (SSSR count). The highest BCUT2D eigenvalue weighted by atomic mass is 16.8. The van der Waals surface area contributed by atoms with E-state index in [4.69, 9.17) is 28.4 Å². The van der Waals surface area contributed by atoms with E-state index in [1.54, 1.807) is 12.2 Å². The van der Waals surface area contributed by atoms with Crippen molar-refractivity contribution in [2.75, 3.05) is 26.4 Å². The number of ether oxygens (including phenoxy) is 6. The molecule has 0 spiro atoms. The van der Waals surface area contributed by atoms with Crippen LogP contribution in [0.5, 0.6) is 0 Å². The van der Waals surface area contributed by atoms with E-state index in [1.807, 2.05) is 0 Å². The van der Waals surface area contributed by atoms with Gasteiger partial charge in [0.25, 0.3) is 0 Å². The lowest BCUT2D eigenvalue weighted by Crippen LogP contribution is -2.66. The highest BCUT2D eigenvalue weighted by molar-refractivity contribution is 5.76. The maximum atomic E-state index is 13.2. The van der Waals surface area contributed by atoms with Gasteiger partial charge in [-0.05, 0) is 77.0 Å². The Morgan fingerprint density at radius 1 is 0.521 bits per heavy atom. The molecule has 19 heteroatoms. The fourth-order valence-electron chi connectivity index (χ4n) is 8.17. The van der Waals surface area contributed by atoms with E-state index in [2.05, 4.69) is 79.9 Å². The molecule has 17 unspecified atom stereocenters. The van der Waals surface area contributed by atoms with Crippen LogP contribution in [0.15, 0.2) is 72.9 Å². The zero-order valence-corrected chi connectivity index (χ0v) is 41.7. The van der Waals surface area contributed by atoms with Crippen LogP contribution in [0.4, 0.5) is 0 Å². The van der Waals surface area contributed by atoms with E-state index >= 15 is 0 Å². The van der Waals surface area contributed by atoms with E-state index in [0.29, 0.717) is 12.8 Å². The average Bonchev–Trinajstić information content (AvgIpc) is 3.36. The fraction of sp³-hybridized carbons (Fsp3) is 0.750. The molecule has 3 aliphatic rings. The first-order valence-electron chi connectivity index (χ1n) is 25.7. The van der Waals surface area contributed by atoms with Crippen LogP contribution >= 0.6 is 0 Å². The zero-order valence-electron chi connectivity index (χ0n) is 41.7. The van der Waals surface area contributed by atoms with Crippen molar-refractivity contribution < 1.29 is 89.4 Å². The van der Waals surface area contributed by atoms with Gasteiger partial charge in [0.1, 0.15) is 73.2 Å². The van der Waals surface area contributed by atoms with Gasteiger partial charge in [0.2, 0.25) is 5.91 Å². The normalized spacial score (nSPS) is 32.9. The van der Waals surface area contributed by atoms with Crippen LogP contribution in [0.1, 0.15) is 117 Å². The standard InChI is InChI=1S/C52H87NO18/c1-3-5-7-9-11-13-15-17-19-21-23-25-27-29-36(57)35(53-40(58)30-28-26-24-22-20-18-16-14-12-10-8-6-4-2)34-66-50-46(64)43(61)48(38(32-55)68-50)71-52-47(65)44(62)49(39(33-56)69-52)70-51-45(63)42(60)41(59)37(31-54)67-51/h6,8,11-14,18-21,27,29,35-39,41-52,54-57,59-65H,3-5,7,9-10,15-17,22-26,28,30-34H2,1-2H3,(H,53,58)/b8-6-,13-11+,14-12-,20-18-,21-19+,29-27+. The second-order valence-electron chi connectivity index (χ2n) is 18.2. The molecule has 0 aliphatic carbocycles. The highest BCUT2D eigenvalue weighted by Gasteiger charge is 2.53. The first kappa shape index (κ1) is 62.5. The molecule has 0 bridgehead atoms.